The third kappa shape index (κ3) is 10.2. The molecule has 4 unspecified atom stereocenters. The normalized spacial score (nSPS) is 14.2. The van der Waals surface area contributed by atoms with Gasteiger partial charge in [-0.25, -0.2) is 4.79 Å². The number of rotatable bonds is 14. The molecule has 13 nitrogen and oxygen atoms in total. The molecule has 1 aromatic carbocycles. The molecule has 0 radical (unpaired) electrons. The Kier molecular flexibility index (Phi) is 11.3. The smallest absolute Gasteiger partial charge is 0.326 e. The second-order valence-corrected chi connectivity index (χ2v) is 8.26. The molecule has 0 heterocycles. The molecule has 0 aliphatic heterocycles. The molecule has 4 atom stereocenters. The van der Waals surface area contributed by atoms with Crippen molar-refractivity contribution in [2.24, 2.45) is 17.4 Å². The summed E-state index contributed by atoms with van der Waals surface area (Å²) in [6, 6.07) is 3.13. The van der Waals surface area contributed by atoms with Crippen LogP contribution in [0.5, 0.6) is 0 Å². The lowest BCUT2D eigenvalue weighted by Gasteiger charge is -2.25. The number of hydrogen-bond donors (Lipinski definition) is 7. The summed E-state index contributed by atoms with van der Waals surface area (Å²) in [6.45, 7) is 3.06. The van der Waals surface area contributed by atoms with Crippen LogP contribution >= 0.6 is 0 Å². The van der Waals surface area contributed by atoms with Gasteiger partial charge in [-0.1, -0.05) is 44.2 Å². The van der Waals surface area contributed by atoms with Gasteiger partial charge >= 0.3 is 11.9 Å². The molecule has 0 bridgehead atoms. The molecule has 0 spiro atoms. The Morgan fingerprint density at radius 2 is 1.34 bits per heavy atom. The number of nitrogens with two attached hydrogens (primary N) is 2. The second-order valence-electron chi connectivity index (χ2n) is 8.26. The maximum atomic E-state index is 12.8. The Morgan fingerprint density at radius 1 is 0.829 bits per heavy atom. The summed E-state index contributed by atoms with van der Waals surface area (Å²) in [6.07, 6.45) is -1.40. The quantitative estimate of drug-likeness (QED) is 0.153. The molecule has 0 saturated carbocycles. The summed E-state index contributed by atoms with van der Waals surface area (Å²) in [5.74, 6) is -7.20. The third-order valence-electron chi connectivity index (χ3n) is 4.92. The maximum absolute atomic E-state index is 12.8. The average molecular weight is 494 g/mol. The van der Waals surface area contributed by atoms with Gasteiger partial charge < -0.3 is 37.6 Å². The van der Waals surface area contributed by atoms with E-state index in [4.69, 9.17) is 16.6 Å². The van der Waals surface area contributed by atoms with Gasteiger partial charge in [0.05, 0.1) is 18.9 Å². The molecule has 0 aromatic heterocycles. The molecule has 0 saturated heterocycles. The third-order valence-corrected chi connectivity index (χ3v) is 4.92. The van der Waals surface area contributed by atoms with Gasteiger partial charge in [-0.05, 0) is 17.9 Å². The lowest BCUT2D eigenvalue weighted by Crippen LogP contribution is -2.58. The Morgan fingerprint density at radius 3 is 1.83 bits per heavy atom. The largest absolute Gasteiger partial charge is 0.481 e. The van der Waals surface area contributed by atoms with E-state index < -0.39 is 78.5 Å². The van der Waals surface area contributed by atoms with Crippen LogP contribution in [0.25, 0.3) is 0 Å². The first-order valence-electron chi connectivity index (χ1n) is 10.7. The van der Waals surface area contributed by atoms with Gasteiger partial charge in [-0.3, -0.25) is 24.0 Å². The fourth-order valence-corrected chi connectivity index (χ4v) is 3.07. The van der Waals surface area contributed by atoms with Crippen molar-refractivity contribution in [3.05, 3.63) is 35.9 Å². The van der Waals surface area contributed by atoms with Crippen molar-refractivity contribution >= 4 is 35.6 Å². The SMILES string of the molecule is CC(C)C(NC(=O)C(CC(=O)O)NC(=O)C(CC(N)=O)NC(=O)C(N)Cc1ccccc1)C(=O)O. The van der Waals surface area contributed by atoms with Crippen LogP contribution in [-0.2, 0) is 35.2 Å². The van der Waals surface area contributed by atoms with Crippen LogP contribution in [0.3, 0.4) is 0 Å². The highest BCUT2D eigenvalue weighted by Gasteiger charge is 2.33. The highest BCUT2D eigenvalue weighted by molar-refractivity contribution is 5.97. The van der Waals surface area contributed by atoms with E-state index in [1.54, 1.807) is 30.3 Å². The van der Waals surface area contributed by atoms with E-state index in [1.165, 1.54) is 13.8 Å². The predicted molar refractivity (Wildman–Crippen MR) is 122 cm³/mol. The first-order chi connectivity index (χ1) is 16.3. The molecule has 1 aromatic rings. The van der Waals surface area contributed by atoms with Crippen LogP contribution in [0.2, 0.25) is 0 Å². The number of nitrogens with one attached hydrogen (secondary N) is 3. The first kappa shape index (κ1) is 29.0. The van der Waals surface area contributed by atoms with Crippen molar-refractivity contribution in [2.75, 3.05) is 0 Å². The zero-order chi connectivity index (χ0) is 26.7. The summed E-state index contributed by atoms with van der Waals surface area (Å²) < 4.78 is 0. The molecular weight excluding hydrogens is 462 g/mol. The van der Waals surface area contributed by atoms with Crippen LogP contribution in [0.15, 0.2) is 30.3 Å². The zero-order valence-corrected chi connectivity index (χ0v) is 19.4. The Labute approximate surface area is 201 Å². The molecule has 1 rings (SSSR count). The monoisotopic (exact) mass is 493 g/mol. The van der Waals surface area contributed by atoms with E-state index in [2.05, 4.69) is 16.0 Å². The van der Waals surface area contributed by atoms with Crippen LogP contribution < -0.4 is 27.4 Å². The van der Waals surface area contributed by atoms with Crippen molar-refractivity contribution in [2.45, 2.75) is 57.3 Å². The maximum Gasteiger partial charge on any atom is 0.326 e. The minimum Gasteiger partial charge on any atom is -0.481 e. The number of carboxylic acid groups (broad SMARTS) is 2. The standard InChI is InChI=1S/C22H31N5O8/c1-11(2)18(22(34)35)27-21(33)15(10-17(29)30)26-20(32)14(9-16(24)28)25-19(31)13(23)8-12-6-4-3-5-7-12/h3-7,11,13-15,18H,8-10,23H2,1-2H3,(H2,24,28)(H,25,31)(H,26,32)(H,27,33)(H,29,30)(H,34,35). The molecule has 9 N–H and O–H groups in total. The lowest BCUT2D eigenvalue weighted by molar-refractivity contribution is -0.144. The number of benzene rings is 1. The average Bonchev–Trinajstić information content (AvgIpc) is 2.75. The summed E-state index contributed by atoms with van der Waals surface area (Å²) in [5, 5.41) is 25.0. The fraction of sp³-hybridized carbons (Fsp3) is 0.455. The highest BCUT2D eigenvalue weighted by Crippen LogP contribution is 2.06. The van der Waals surface area contributed by atoms with Crippen molar-refractivity contribution in [1.29, 1.82) is 0 Å². The van der Waals surface area contributed by atoms with Crippen molar-refractivity contribution in [3.8, 4) is 0 Å². The summed E-state index contributed by atoms with van der Waals surface area (Å²) in [7, 11) is 0. The predicted octanol–water partition coefficient (Wildman–Crippen LogP) is -1.90. The topological polar surface area (TPSA) is 231 Å². The summed E-state index contributed by atoms with van der Waals surface area (Å²) in [5.41, 5.74) is 11.8. The van der Waals surface area contributed by atoms with E-state index in [0.29, 0.717) is 0 Å². The van der Waals surface area contributed by atoms with Gasteiger partial charge in [-0.2, -0.15) is 0 Å². The van der Waals surface area contributed by atoms with E-state index >= 15 is 0 Å². The van der Waals surface area contributed by atoms with Crippen LogP contribution in [0, 0.1) is 5.92 Å². The molecule has 192 valence electrons. The van der Waals surface area contributed by atoms with Crippen molar-refractivity contribution in [1.82, 2.24) is 16.0 Å². The van der Waals surface area contributed by atoms with Gasteiger partial charge in [0, 0.05) is 0 Å². The molecule has 0 fully saturated rings. The van der Waals surface area contributed by atoms with Gasteiger partial charge in [-0.15, -0.1) is 0 Å². The van der Waals surface area contributed by atoms with Gasteiger partial charge in [0.2, 0.25) is 23.6 Å². The Hall–Kier alpha value is -4.00. The van der Waals surface area contributed by atoms with Crippen molar-refractivity contribution < 1.29 is 39.0 Å². The number of carboxylic acids is 2. The lowest BCUT2D eigenvalue weighted by atomic mass is 10.0. The van der Waals surface area contributed by atoms with Crippen LogP contribution in [0.1, 0.15) is 32.3 Å². The van der Waals surface area contributed by atoms with Gasteiger partial charge in [0.1, 0.15) is 18.1 Å². The number of primary amides is 1. The fourth-order valence-electron chi connectivity index (χ4n) is 3.07. The molecule has 0 aliphatic carbocycles. The zero-order valence-electron chi connectivity index (χ0n) is 19.4. The molecular formula is C22H31N5O8. The Bertz CT molecular complexity index is 937. The number of aliphatic carboxylic acids is 2. The highest BCUT2D eigenvalue weighted by atomic mass is 16.4. The van der Waals surface area contributed by atoms with Crippen molar-refractivity contribution in [3.63, 3.8) is 0 Å². The minimum absolute atomic E-state index is 0.132. The van der Waals surface area contributed by atoms with Gasteiger partial charge in [0.25, 0.3) is 0 Å². The van der Waals surface area contributed by atoms with E-state index in [1.807, 2.05) is 0 Å². The number of amides is 4. The first-order valence-corrected chi connectivity index (χ1v) is 10.7. The number of hydrogen-bond acceptors (Lipinski definition) is 7. The van der Waals surface area contributed by atoms with Crippen LogP contribution in [-0.4, -0.2) is 69.9 Å². The second kappa shape index (κ2) is 13.6. The van der Waals surface area contributed by atoms with E-state index in [0.717, 1.165) is 5.56 Å². The molecule has 13 heteroatoms. The van der Waals surface area contributed by atoms with Crippen LogP contribution in [0.4, 0.5) is 0 Å². The minimum atomic E-state index is -1.69. The number of carbonyl (C=O) groups excluding carboxylic acids is 4. The van der Waals surface area contributed by atoms with E-state index in [9.17, 15) is 33.9 Å². The summed E-state index contributed by atoms with van der Waals surface area (Å²) >= 11 is 0. The van der Waals surface area contributed by atoms with E-state index in [-0.39, 0.29) is 6.42 Å². The molecule has 4 amide bonds. The summed E-state index contributed by atoms with van der Waals surface area (Å²) in [4.78, 5) is 71.9. The van der Waals surface area contributed by atoms with Gasteiger partial charge in [0.15, 0.2) is 0 Å². The Balaban J connectivity index is 2.98. The molecule has 35 heavy (non-hydrogen) atoms. The molecule has 0 aliphatic rings. The number of carbonyl (C=O) groups is 6.